The fourth-order valence-electron chi connectivity index (χ4n) is 3.24. The van der Waals surface area contributed by atoms with Gasteiger partial charge in [-0.05, 0) is 31.0 Å². The van der Waals surface area contributed by atoms with Crippen molar-refractivity contribution in [2.45, 2.75) is 38.1 Å². The summed E-state index contributed by atoms with van der Waals surface area (Å²) in [6.45, 7) is 0.330. The van der Waals surface area contributed by atoms with Gasteiger partial charge in [-0.3, -0.25) is 0 Å². The van der Waals surface area contributed by atoms with Gasteiger partial charge < -0.3 is 19.7 Å². The number of rotatable bonds is 5. The molecule has 1 heterocycles. The Morgan fingerprint density at radius 1 is 1.33 bits per heavy atom. The van der Waals surface area contributed by atoms with E-state index in [1.165, 1.54) is 12.7 Å². The summed E-state index contributed by atoms with van der Waals surface area (Å²) < 4.78 is 5.29. The molecule has 0 unspecified atom stereocenters. The first-order chi connectivity index (χ1) is 11.8. The lowest BCUT2D eigenvalue weighted by atomic mass is 9.94. The summed E-state index contributed by atoms with van der Waals surface area (Å²) in [7, 11) is 0. The lowest BCUT2D eigenvalue weighted by Gasteiger charge is -2.34. The molecule has 1 saturated carbocycles. The van der Waals surface area contributed by atoms with Crippen molar-refractivity contribution in [1.82, 2.24) is 9.88 Å². The maximum absolute atomic E-state index is 12.7. The zero-order valence-corrected chi connectivity index (χ0v) is 13.6. The lowest BCUT2D eigenvalue weighted by Crippen LogP contribution is -2.45. The minimum atomic E-state index is -0.166. The van der Waals surface area contributed by atoms with E-state index >= 15 is 0 Å². The number of carbonyl (C=O) groups excluding carboxylic acids is 1. The van der Waals surface area contributed by atoms with Gasteiger partial charge in [-0.1, -0.05) is 25.3 Å². The van der Waals surface area contributed by atoms with E-state index < -0.39 is 0 Å². The molecule has 0 bridgehead atoms. The molecule has 2 amide bonds. The van der Waals surface area contributed by atoms with Crippen molar-refractivity contribution in [2.24, 2.45) is 0 Å². The van der Waals surface area contributed by atoms with Crippen LogP contribution in [0.15, 0.2) is 41.1 Å². The van der Waals surface area contributed by atoms with Gasteiger partial charge in [0.1, 0.15) is 6.26 Å². The largest absolute Gasteiger partial charge is 0.445 e. The molecule has 2 N–H and O–H groups in total. The van der Waals surface area contributed by atoms with Gasteiger partial charge in [-0.15, -0.1) is 0 Å². The van der Waals surface area contributed by atoms with Gasteiger partial charge in [0.25, 0.3) is 0 Å². The SMILES string of the molecule is O=C(Nc1cccc(-c2ncco2)c1)N(CCO)C1CCCCC1. The number of oxazole rings is 1. The van der Waals surface area contributed by atoms with E-state index in [9.17, 15) is 9.90 Å². The predicted octanol–water partition coefficient (Wildman–Crippen LogP) is 3.50. The summed E-state index contributed by atoms with van der Waals surface area (Å²) in [5.74, 6) is 0.519. The molecule has 6 heteroatoms. The predicted molar refractivity (Wildman–Crippen MR) is 91.6 cm³/mol. The number of hydrogen-bond acceptors (Lipinski definition) is 4. The third-order valence-electron chi connectivity index (χ3n) is 4.41. The standard InChI is InChI=1S/C18H23N3O3/c22-11-10-21(16-7-2-1-3-8-16)18(23)20-15-6-4-5-14(13-15)17-19-9-12-24-17/h4-6,9,12-13,16,22H,1-3,7-8,10-11H2,(H,20,23). The van der Waals surface area contributed by atoms with Crippen LogP contribution in [0, 0.1) is 0 Å². The number of aliphatic hydroxyl groups excluding tert-OH is 1. The smallest absolute Gasteiger partial charge is 0.322 e. The highest BCUT2D eigenvalue weighted by molar-refractivity contribution is 5.90. The number of aliphatic hydroxyl groups is 1. The number of nitrogens with one attached hydrogen (secondary N) is 1. The van der Waals surface area contributed by atoms with Gasteiger partial charge in [-0.2, -0.15) is 0 Å². The Balaban J connectivity index is 1.71. The second kappa shape index (κ2) is 7.97. The zero-order valence-electron chi connectivity index (χ0n) is 13.6. The van der Waals surface area contributed by atoms with Gasteiger partial charge >= 0.3 is 6.03 Å². The van der Waals surface area contributed by atoms with Crippen LogP contribution in [-0.4, -0.2) is 40.2 Å². The van der Waals surface area contributed by atoms with Crippen molar-refractivity contribution in [2.75, 3.05) is 18.5 Å². The maximum Gasteiger partial charge on any atom is 0.322 e. The first kappa shape index (κ1) is 16.5. The number of anilines is 1. The maximum atomic E-state index is 12.7. The van der Waals surface area contributed by atoms with E-state index in [0.29, 0.717) is 18.1 Å². The van der Waals surface area contributed by atoms with Crippen LogP contribution in [-0.2, 0) is 0 Å². The minimum Gasteiger partial charge on any atom is -0.445 e. The van der Waals surface area contributed by atoms with Crippen LogP contribution in [0.3, 0.4) is 0 Å². The van der Waals surface area contributed by atoms with Crippen molar-refractivity contribution in [1.29, 1.82) is 0 Å². The monoisotopic (exact) mass is 329 g/mol. The number of nitrogens with zero attached hydrogens (tertiary/aromatic N) is 2. The molecule has 3 rings (SSSR count). The fourth-order valence-corrected chi connectivity index (χ4v) is 3.24. The van der Waals surface area contributed by atoms with Crippen molar-refractivity contribution < 1.29 is 14.3 Å². The molecule has 0 aliphatic heterocycles. The first-order valence-corrected chi connectivity index (χ1v) is 8.46. The van der Waals surface area contributed by atoms with Gasteiger partial charge in [0, 0.05) is 23.8 Å². The summed E-state index contributed by atoms with van der Waals surface area (Å²) >= 11 is 0. The topological polar surface area (TPSA) is 78.6 Å². The van der Waals surface area contributed by atoms with Gasteiger partial charge in [0.15, 0.2) is 0 Å². The van der Waals surface area contributed by atoms with E-state index in [2.05, 4.69) is 10.3 Å². The molecule has 1 aliphatic carbocycles. The number of hydrogen-bond donors (Lipinski definition) is 2. The molecule has 1 aliphatic rings. The molecule has 0 atom stereocenters. The van der Waals surface area contributed by atoms with E-state index in [-0.39, 0.29) is 18.7 Å². The van der Waals surface area contributed by atoms with Gasteiger partial charge in [-0.25, -0.2) is 9.78 Å². The van der Waals surface area contributed by atoms with Crippen LogP contribution in [0.25, 0.3) is 11.5 Å². The Kier molecular flexibility index (Phi) is 5.48. The van der Waals surface area contributed by atoms with Crippen molar-refractivity contribution in [3.8, 4) is 11.5 Å². The summed E-state index contributed by atoms with van der Waals surface area (Å²) in [5.41, 5.74) is 1.50. The molecular weight excluding hydrogens is 306 g/mol. The van der Waals surface area contributed by atoms with Crippen molar-refractivity contribution in [3.63, 3.8) is 0 Å². The van der Waals surface area contributed by atoms with E-state index in [4.69, 9.17) is 4.42 Å². The second-order valence-electron chi connectivity index (χ2n) is 6.06. The van der Waals surface area contributed by atoms with Crippen LogP contribution in [0.1, 0.15) is 32.1 Å². The average Bonchev–Trinajstić information content (AvgIpc) is 3.15. The summed E-state index contributed by atoms with van der Waals surface area (Å²) in [4.78, 5) is 18.5. The highest BCUT2D eigenvalue weighted by Crippen LogP contribution is 2.24. The highest BCUT2D eigenvalue weighted by atomic mass is 16.3. The number of aromatic nitrogens is 1. The molecular formula is C18H23N3O3. The van der Waals surface area contributed by atoms with Crippen molar-refractivity contribution in [3.05, 3.63) is 36.7 Å². The third kappa shape index (κ3) is 3.94. The Morgan fingerprint density at radius 3 is 2.88 bits per heavy atom. The lowest BCUT2D eigenvalue weighted by molar-refractivity contribution is 0.144. The molecule has 6 nitrogen and oxygen atoms in total. The van der Waals surface area contributed by atoms with Crippen molar-refractivity contribution >= 4 is 11.7 Å². The molecule has 24 heavy (non-hydrogen) atoms. The quantitative estimate of drug-likeness (QED) is 0.880. The van der Waals surface area contributed by atoms with Gasteiger partial charge in [0.05, 0.1) is 12.8 Å². The Hall–Kier alpha value is -2.34. The summed E-state index contributed by atoms with van der Waals surface area (Å²) in [5, 5.41) is 12.2. The minimum absolute atomic E-state index is 0.0275. The van der Waals surface area contributed by atoms with Crippen LogP contribution < -0.4 is 5.32 Å². The third-order valence-corrected chi connectivity index (χ3v) is 4.41. The van der Waals surface area contributed by atoms with E-state index in [0.717, 1.165) is 31.2 Å². The number of urea groups is 1. The second-order valence-corrected chi connectivity index (χ2v) is 6.06. The van der Waals surface area contributed by atoms with Crippen LogP contribution in [0.4, 0.5) is 10.5 Å². The van der Waals surface area contributed by atoms with Gasteiger partial charge in [0.2, 0.25) is 5.89 Å². The molecule has 1 aromatic heterocycles. The fraction of sp³-hybridized carbons (Fsp3) is 0.444. The summed E-state index contributed by atoms with van der Waals surface area (Å²) in [6, 6.07) is 7.45. The highest BCUT2D eigenvalue weighted by Gasteiger charge is 2.25. The molecule has 128 valence electrons. The Bertz CT molecular complexity index is 651. The number of carbonyl (C=O) groups is 1. The van der Waals surface area contributed by atoms with Crippen LogP contribution in [0.2, 0.25) is 0 Å². The zero-order chi connectivity index (χ0) is 16.8. The number of amides is 2. The Morgan fingerprint density at radius 2 is 2.17 bits per heavy atom. The first-order valence-electron chi connectivity index (χ1n) is 8.46. The molecule has 1 aromatic carbocycles. The molecule has 0 radical (unpaired) electrons. The Labute approximate surface area is 141 Å². The van der Waals surface area contributed by atoms with Crippen LogP contribution in [0.5, 0.6) is 0 Å². The molecule has 0 spiro atoms. The van der Waals surface area contributed by atoms with E-state index in [1.54, 1.807) is 11.1 Å². The average molecular weight is 329 g/mol. The van der Waals surface area contributed by atoms with E-state index in [1.807, 2.05) is 24.3 Å². The molecule has 0 saturated heterocycles. The normalized spacial score (nSPS) is 15.2. The van der Waals surface area contributed by atoms with Crippen LogP contribution >= 0.6 is 0 Å². The summed E-state index contributed by atoms with van der Waals surface area (Å²) in [6.07, 6.45) is 8.62. The molecule has 1 fully saturated rings. The number of benzene rings is 1. The molecule has 2 aromatic rings.